The smallest absolute Gasteiger partial charge is 0.280 e. The number of anilines is 2. The first kappa shape index (κ1) is 20.7. The van der Waals surface area contributed by atoms with Crippen molar-refractivity contribution in [2.24, 2.45) is 0 Å². The molecule has 0 spiro atoms. The van der Waals surface area contributed by atoms with E-state index in [0.717, 1.165) is 22.5 Å². The van der Waals surface area contributed by atoms with E-state index in [1.54, 1.807) is 19.2 Å². The Bertz CT molecular complexity index is 1180. The lowest BCUT2D eigenvalue weighted by molar-refractivity contribution is -0.144. The molecule has 0 radical (unpaired) electrons. The number of carbonyl (C=O) groups is 2. The fourth-order valence-corrected chi connectivity index (χ4v) is 3.82. The summed E-state index contributed by atoms with van der Waals surface area (Å²) in [6, 6.07) is 15.1. The molecule has 2 amide bonds. The van der Waals surface area contributed by atoms with Crippen molar-refractivity contribution in [1.82, 2.24) is 9.78 Å². The molecule has 0 fully saturated rings. The molecule has 2 aromatic carbocycles. The van der Waals surface area contributed by atoms with Gasteiger partial charge in [0.25, 0.3) is 17.4 Å². The van der Waals surface area contributed by atoms with Crippen LogP contribution >= 0.6 is 0 Å². The van der Waals surface area contributed by atoms with Crippen LogP contribution in [0.4, 0.5) is 11.4 Å². The number of aryl methyl sites for hydroxylation is 3. The second-order valence-electron chi connectivity index (χ2n) is 8.21. The number of amides is 2. The topological polar surface area (TPSA) is 76.5 Å². The maximum Gasteiger partial charge on any atom is 0.280 e. The molecule has 7 nitrogen and oxygen atoms in total. The Morgan fingerprint density at radius 1 is 1.13 bits per heavy atom. The van der Waals surface area contributed by atoms with E-state index >= 15 is 0 Å². The minimum Gasteiger partial charge on any atom is -0.465 e. The fourth-order valence-electron chi connectivity index (χ4n) is 3.82. The van der Waals surface area contributed by atoms with Gasteiger partial charge >= 0.3 is 0 Å². The highest BCUT2D eigenvalue weighted by molar-refractivity contribution is 6.19. The zero-order valence-electron chi connectivity index (χ0n) is 18.4. The van der Waals surface area contributed by atoms with E-state index in [0.29, 0.717) is 23.7 Å². The molecule has 1 atom stereocenters. The van der Waals surface area contributed by atoms with E-state index in [9.17, 15) is 9.59 Å². The predicted molar refractivity (Wildman–Crippen MR) is 119 cm³/mol. The summed E-state index contributed by atoms with van der Waals surface area (Å²) in [6.07, 6.45) is 0. The molecule has 0 aliphatic carbocycles. The molecule has 1 unspecified atom stereocenters. The summed E-state index contributed by atoms with van der Waals surface area (Å²) in [5.74, 6) is -0.427. The van der Waals surface area contributed by atoms with Crippen LogP contribution in [0.2, 0.25) is 0 Å². The normalized spacial score (nSPS) is 17.8. The van der Waals surface area contributed by atoms with Gasteiger partial charge in [-0.25, -0.2) is 0 Å². The van der Waals surface area contributed by atoms with Gasteiger partial charge in [0.2, 0.25) is 0 Å². The van der Waals surface area contributed by atoms with Gasteiger partial charge in [-0.1, -0.05) is 18.2 Å². The summed E-state index contributed by atoms with van der Waals surface area (Å²) in [4.78, 5) is 27.7. The first-order valence-electron chi connectivity index (χ1n) is 10.2. The minimum atomic E-state index is -1.66. The first-order chi connectivity index (χ1) is 14.7. The summed E-state index contributed by atoms with van der Waals surface area (Å²) in [7, 11) is 1.66. The monoisotopic (exact) mass is 418 g/mol. The van der Waals surface area contributed by atoms with Crippen LogP contribution in [0.5, 0.6) is 5.75 Å². The molecule has 0 bridgehead atoms. The van der Waals surface area contributed by atoms with E-state index in [4.69, 9.17) is 4.74 Å². The van der Waals surface area contributed by atoms with Crippen LogP contribution in [0.15, 0.2) is 48.5 Å². The second kappa shape index (κ2) is 7.58. The SMILES string of the molecule is Cc1ccc2c(c1)N(C)C(=O)C(C)(C(=O)Nc1cccc(Cn3nc(C)cc3C)c1)O2. The number of rotatable bonds is 4. The molecule has 4 rings (SSSR count). The zero-order chi connectivity index (χ0) is 22.3. The van der Waals surface area contributed by atoms with Gasteiger partial charge in [0.15, 0.2) is 0 Å². The third kappa shape index (κ3) is 3.79. The Morgan fingerprint density at radius 3 is 2.61 bits per heavy atom. The number of hydrogen-bond donors (Lipinski definition) is 1. The summed E-state index contributed by atoms with van der Waals surface area (Å²) in [5.41, 5.74) is 3.61. The van der Waals surface area contributed by atoms with Crippen molar-refractivity contribution in [3.63, 3.8) is 0 Å². The number of fused-ring (bicyclic) bond motifs is 1. The fraction of sp³-hybridized carbons (Fsp3) is 0.292. The second-order valence-corrected chi connectivity index (χ2v) is 8.21. The largest absolute Gasteiger partial charge is 0.465 e. The third-order valence-electron chi connectivity index (χ3n) is 5.56. The van der Waals surface area contributed by atoms with Crippen molar-refractivity contribution in [2.45, 2.75) is 39.8 Å². The van der Waals surface area contributed by atoms with Gasteiger partial charge in [-0.05, 0) is 69.2 Å². The lowest BCUT2D eigenvalue weighted by atomic mass is 9.99. The van der Waals surface area contributed by atoms with Gasteiger partial charge in [0, 0.05) is 18.4 Å². The van der Waals surface area contributed by atoms with Crippen LogP contribution in [-0.2, 0) is 16.1 Å². The maximum atomic E-state index is 13.1. The van der Waals surface area contributed by atoms with E-state index in [1.807, 2.05) is 61.9 Å². The van der Waals surface area contributed by atoms with E-state index < -0.39 is 17.4 Å². The van der Waals surface area contributed by atoms with Gasteiger partial charge in [-0.3, -0.25) is 14.3 Å². The number of hydrogen-bond acceptors (Lipinski definition) is 4. The van der Waals surface area contributed by atoms with Crippen LogP contribution in [0.3, 0.4) is 0 Å². The van der Waals surface area contributed by atoms with Crippen LogP contribution in [0.25, 0.3) is 0 Å². The van der Waals surface area contributed by atoms with Gasteiger partial charge in [0.05, 0.1) is 17.9 Å². The zero-order valence-corrected chi connectivity index (χ0v) is 18.4. The Balaban J connectivity index is 1.56. The number of nitrogens with zero attached hydrogens (tertiary/aromatic N) is 3. The summed E-state index contributed by atoms with van der Waals surface area (Å²) >= 11 is 0. The number of ether oxygens (including phenoxy) is 1. The lowest BCUT2D eigenvalue weighted by Gasteiger charge is -2.38. The number of likely N-dealkylation sites (N-methyl/N-ethyl adjacent to an activating group) is 1. The van der Waals surface area contributed by atoms with Crippen LogP contribution in [-0.4, -0.2) is 34.2 Å². The average Bonchev–Trinajstić information content (AvgIpc) is 3.04. The Morgan fingerprint density at radius 2 is 1.90 bits per heavy atom. The summed E-state index contributed by atoms with van der Waals surface area (Å²) < 4.78 is 7.83. The number of aromatic nitrogens is 2. The predicted octanol–water partition coefficient (Wildman–Crippen LogP) is 3.61. The van der Waals surface area contributed by atoms with Gasteiger partial charge in [0.1, 0.15) is 5.75 Å². The number of benzene rings is 2. The molecule has 2 heterocycles. The van der Waals surface area contributed by atoms with Crippen LogP contribution in [0, 0.1) is 20.8 Å². The van der Waals surface area contributed by atoms with Gasteiger partial charge in [-0.2, -0.15) is 5.10 Å². The van der Waals surface area contributed by atoms with Crippen molar-refractivity contribution < 1.29 is 14.3 Å². The average molecular weight is 418 g/mol. The van der Waals surface area contributed by atoms with Crippen molar-refractivity contribution in [2.75, 3.05) is 17.3 Å². The highest BCUT2D eigenvalue weighted by atomic mass is 16.5. The summed E-state index contributed by atoms with van der Waals surface area (Å²) in [6.45, 7) is 8.00. The van der Waals surface area contributed by atoms with Crippen molar-refractivity contribution in [3.8, 4) is 5.75 Å². The molecule has 160 valence electrons. The quantitative estimate of drug-likeness (QED) is 0.657. The van der Waals surface area contributed by atoms with E-state index in [2.05, 4.69) is 10.4 Å². The Labute approximate surface area is 181 Å². The Hall–Kier alpha value is -3.61. The molecular weight excluding hydrogens is 392 g/mol. The van der Waals surface area contributed by atoms with Gasteiger partial charge < -0.3 is 15.0 Å². The first-order valence-corrected chi connectivity index (χ1v) is 10.2. The van der Waals surface area contributed by atoms with Crippen molar-refractivity contribution in [3.05, 3.63) is 71.0 Å². The molecule has 1 aliphatic rings. The molecule has 0 saturated heterocycles. The molecule has 31 heavy (non-hydrogen) atoms. The molecule has 0 saturated carbocycles. The highest BCUT2D eigenvalue weighted by Gasteiger charge is 2.49. The Kier molecular flexibility index (Phi) is 5.05. The lowest BCUT2D eigenvalue weighted by Crippen LogP contribution is -2.59. The van der Waals surface area contributed by atoms with Crippen LogP contribution in [0.1, 0.15) is 29.4 Å². The highest BCUT2D eigenvalue weighted by Crippen LogP contribution is 2.38. The molecule has 1 aromatic heterocycles. The molecule has 1 N–H and O–H groups in total. The number of nitrogens with one attached hydrogen (secondary N) is 1. The van der Waals surface area contributed by atoms with Crippen LogP contribution < -0.4 is 15.0 Å². The summed E-state index contributed by atoms with van der Waals surface area (Å²) in [5, 5.41) is 7.34. The standard InChI is InChI=1S/C24H26N4O3/c1-15-9-10-21-20(11-15)27(5)23(30)24(4,31-21)22(29)25-19-8-6-7-18(13-19)14-28-17(3)12-16(2)26-28/h6-13H,14H2,1-5H3,(H,25,29). The minimum absolute atomic E-state index is 0.415. The molecular formula is C24H26N4O3. The molecule has 3 aromatic rings. The maximum absolute atomic E-state index is 13.1. The van der Waals surface area contributed by atoms with E-state index in [-0.39, 0.29) is 0 Å². The molecule has 7 heteroatoms. The van der Waals surface area contributed by atoms with Crippen molar-refractivity contribution >= 4 is 23.2 Å². The van der Waals surface area contributed by atoms with Gasteiger partial charge in [-0.15, -0.1) is 0 Å². The van der Waals surface area contributed by atoms with E-state index in [1.165, 1.54) is 11.8 Å². The van der Waals surface area contributed by atoms with Crippen molar-refractivity contribution in [1.29, 1.82) is 0 Å². The number of carbonyl (C=O) groups excluding carboxylic acids is 2. The molecule has 1 aliphatic heterocycles. The third-order valence-corrected chi connectivity index (χ3v) is 5.56.